The number of aromatic nitrogens is 2. The molecule has 0 saturated carbocycles. The van der Waals surface area contributed by atoms with Crippen molar-refractivity contribution in [1.82, 2.24) is 9.55 Å². The number of nitrogens with zero attached hydrogens (tertiary/aromatic N) is 2. The molecule has 0 radical (unpaired) electrons. The van der Waals surface area contributed by atoms with Crippen molar-refractivity contribution in [1.29, 1.82) is 0 Å². The van der Waals surface area contributed by atoms with Crippen LogP contribution in [0.4, 0.5) is 0 Å². The lowest BCUT2D eigenvalue weighted by Crippen LogP contribution is -2.14. The van der Waals surface area contributed by atoms with Crippen LogP contribution in [-0.2, 0) is 7.05 Å². The Hall–Kier alpha value is -1.78. The molecule has 2 heterocycles. The predicted octanol–water partition coefficient (Wildman–Crippen LogP) is 2.87. The van der Waals surface area contributed by atoms with Gasteiger partial charge in [0, 0.05) is 17.5 Å². The van der Waals surface area contributed by atoms with Crippen molar-refractivity contribution in [3.8, 4) is 0 Å². The molecule has 2 N–H and O–H groups in total. The monoisotopic (exact) mass is 261 g/mol. The molecule has 1 unspecified atom stereocenters. The van der Waals surface area contributed by atoms with Gasteiger partial charge < -0.3 is 14.7 Å². The second kappa shape index (κ2) is 4.15. The number of nitrogens with two attached hydrogens (primary N) is 1. The van der Waals surface area contributed by atoms with Crippen molar-refractivity contribution >= 4 is 22.6 Å². The highest BCUT2D eigenvalue weighted by molar-refractivity contribution is 6.31. The van der Waals surface area contributed by atoms with Crippen molar-refractivity contribution in [2.75, 3.05) is 0 Å². The maximum atomic E-state index is 6.18. The molecule has 18 heavy (non-hydrogen) atoms. The summed E-state index contributed by atoms with van der Waals surface area (Å²) in [6, 6.07) is 7.09. The van der Waals surface area contributed by atoms with Gasteiger partial charge in [0.05, 0.1) is 18.2 Å². The van der Waals surface area contributed by atoms with Crippen LogP contribution < -0.4 is 5.73 Å². The zero-order chi connectivity index (χ0) is 12.7. The molecule has 1 atom stereocenters. The SMILES string of the molecule is Cn1cncc1C(N)c1cc2cc(Cl)ccc2o1. The minimum absolute atomic E-state index is 0.330. The van der Waals surface area contributed by atoms with Crippen molar-refractivity contribution in [2.45, 2.75) is 6.04 Å². The zero-order valence-corrected chi connectivity index (χ0v) is 10.6. The molecular weight excluding hydrogens is 250 g/mol. The molecule has 92 valence electrons. The normalized spacial score (nSPS) is 13.1. The summed E-state index contributed by atoms with van der Waals surface area (Å²) in [4.78, 5) is 4.06. The van der Waals surface area contributed by atoms with Crippen LogP contribution in [0.3, 0.4) is 0 Å². The highest BCUT2D eigenvalue weighted by atomic mass is 35.5. The fourth-order valence-corrected chi connectivity index (χ4v) is 2.18. The number of hydrogen-bond acceptors (Lipinski definition) is 3. The third-order valence-corrected chi connectivity index (χ3v) is 3.21. The van der Waals surface area contributed by atoms with Crippen molar-refractivity contribution in [3.63, 3.8) is 0 Å². The van der Waals surface area contributed by atoms with E-state index in [4.69, 9.17) is 21.8 Å². The number of halogens is 1. The first kappa shape index (κ1) is 11.3. The van der Waals surface area contributed by atoms with E-state index < -0.39 is 0 Å². The van der Waals surface area contributed by atoms with E-state index in [9.17, 15) is 0 Å². The Bertz CT molecular complexity index is 701. The van der Waals surface area contributed by atoms with Gasteiger partial charge in [-0.1, -0.05) is 11.6 Å². The van der Waals surface area contributed by atoms with E-state index in [1.165, 1.54) is 0 Å². The van der Waals surface area contributed by atoms with E-state index in [0.717, 1.165) is 16.7 Å². The second-order valence-corrected chi connectivity index (χ2v) is 4.67. The summed E-state index contributed by atoms with van der Waals surface area (Å²) in [6.07, 6.45) is 3.46. The Kier molecular flexibility index (Phi) is 2.61. The lowest BCUT2D eigenvalue weighted by atomic mass is 10.1. The van der Waals surface area contributed by atoms with E-state index in [2.05, 4.69) is 4.98 Å². The molecule has 0 fully saturated rings. The minimum atomic E-state index is -0.330. The maximum absolute atomic E-state index is 6.18. The molecule has 1 aromatic carbocycles. The van der Waals surface area contributed by atoms with Gasteiger partial charge in [-0.3, -0.25) is 0 Å². The third-order valence-electron chi connectivity index (χ3n) is 2.98. The number of hydrogen-bond donors (Lipinski definition) is 1. The van der Waals surface area contributed by atoms with Gasteiger partial charge in [0.2, 0.25) is 0 Å². The van der Waals surface area contributed by atoms with E-state index in [-0.39, 0.29) is 6.04 Å². The predicted molar refractivity (Wildman–Crippen MR) is 70.5 cm³/mol. The van der Waals surface area contributed by atoms with Crippen LogP contribution in [0.2, 0.25) is 5.02 Å². The van der Waals surface area contributed by atoms with Crippen LogP contribution >= 0.6 is 11.6 Å². The fraction of sp³-hybridized carbons (Fsp3) is 0.154. The van der Waals surface area contributed by atoms with Gasteiger partial charge in [-0.25, -0.2) is 4.98 Å². The molecule has 0 aliphatic rings. The standard InChI is InChI=1S/C13H12ClN3O/c1-17-7-16-6-10(17)13(15)12-5-8-4-9(14)2-3-11(8)18-12/h2-7,13H,15H2,1H3. The van der Waals surface area contributed by atoms with Crippen LogP contribution in [0.1, 0.15) is 17.5 Å². The second-order valence-electron chi connectivity index (χ2n) is 4.24. The summed E-state index contributed by atoms with van der Waals surface area (Å²) in [5, 5.41) is 1.64. The molecule has 0 aliphatic carbocycles. The topological polar surface area (TPSA) is 57.0 Å². The average molecular weight is 262 g/mol. The summed E-state index contributed by atoms with van der Waals surface area (Å²) in [5.74, 6) is 0.705. The largest absolute Gasteiger partial charge is 0.459 e. The Balaban J connectivity index is 2.07. The molecule has 2 aromatic heterocycles. The van der Waals surface area contributed by atoms with E-state index in [1.807, 2.05) is 29.8 Å². The van der Waals surface area contributed by atoms with Gasteiger partial charge in [-0.05, 0) is 24.3 Å². The highest BCUT2D eigenvalue weighted by Crippen LogP contribution is 2.28. The quantitative estimate of drug-likeness (QED) is 0.772. The summed E-state index contributed by atoms with van der Waals surface area (Å²) in [6.45, 7) is 0. The van der Waals surface area contributed by atoms with Crippen LogP contribution in [0.25, 0.3) is 11.0 Å². The number of imidazole rings is 1. The molecule has 3 aromatic rings. The molecule has 4 nitrogen and oxygen atoms in total. The summed E-state index contributed by atoms with van der Waals surface area (Å²) in [7, 11) is 1.90. The van der Waals surface area contributed by atoms with Crippen LogP contribution in [0.15, 0.2) is 41.2 Å². The maximum Gasteiger partial charge on any atom is 0.134 e. The van der Waals surface area contributed by atoms with Crippen molar-refractivity contribution < 1.29 is 4.42 Å². The first-order chi connectivity index (χ1) is 8.65. The Labute approximate surface area is 109 Å². The van der Waals surface area contributed by atoms with Crippen LogP contribution in [-0.4, -0.2) is 9.55 Å². The van der Waals surface area contributed by atoms with Gasteiger partial charge in [-0.2, -0.15) is 0 Å². The Morgan fingerprint density at radius 3 is 2.94 bits per heavy atom. The molecule has 0 bridgehead atoms. The van der Waals surface area contributed by atoms with Crippen molar-refractivity contribution in [3.05, 3.63) is 53.3 Å². The van der Waals surface area contributed by atoms with Gasteiger partial charge in [-0.15, -0.1) is 0 Å². The smallest absolute Gasteiger partial charge is 0.134 e. The Morgan fingerprint density at radius 1 is 1.39 bits per heavy atom. The molecule has 3 rings (SSSR count). The number of aryl methyl sites for hydroxylation is 1. The first-order valence-electron chi connectivity index (χ1n) is 5.56. The third kappa shape index (κ3) is 1.79. The minimum Gasteiger partial charge on any atom is -0.459 e. The van der Waals surface area contributed by atoms with Gasteiger partial charge in [0.25, 0.3) is 0 Å². The van der Waals surface area contributed by atoms with Gasteiger partial charge in [0.15, 0.2) is 0 Å². The summed E-state index contributed by atoms with van der Waals surface area (Å²) in [5.41, 5.74) is 7.86. The van der Waals surface area contributed by atoms with E-state index >= 15 is 0 Å². The highest BCUT2D eigenvalue weighted by Gasteiger charge is 2.17. The Morgan fingerprint density at radius 2 is 2.22 bits per heavy atom. The molecule has 0 saturated heterocycles. The summed E-state index contributed by atoms with van der Waals surface area (Å²) < 4.78 is 7.62. The number of fused-ring (bicyclic) bond motifs is 1. The van der Waals surface area contributed by atoms with E-state index in [0.29, 0.717) is 10.8 Å². The molecule has 0 spiro atoms. The summed E-state index contributed by atoms with van der Waals surface area (Å²) >= 11 is 5.95. The van der Waals surface area contributed by atoms with Crippen molar-refractivity contribution in [2.24, 2.45) is 12.8 Å². The van der Waals surface area contributed by atoms with E-state index in [1.54, 1.807) is 18.6 Å². The van der Waals surface area contributed by atoms with Crippen LogP contribution in [0, 0.1) is 0 Å². The fourth-order valence-electron chi connectivity index (χ4n) is 2.00. The first-order valence-corrected chi connectivity index (χ1v) is 5.94. The zero-order valence-electron chi connectivity index (χ0n) is 9.80. The molecule has 0 amide bonds. The lowest BCUT2D eigenvalue weighted by molar-refractivity contribution is 0.515. The van der Waals surface area contributed by atoms with Crippen LogP contribution in [0.5, 0.6) is 0 Å². The molecule has 0 aliphatic heterocycles. The van der Waals surface area contributed by atoms with Gasteiger partial charge >= 0.3 is 0 Å². The number of benzene rings is 1. The number of furan rings is 1. The average Bonchev–Trinajstić information content (AvgIpc) is 2.93. The lowest BCUT2D eigenvalue weighted by Gasteiger charge is -2.08. The van der Waals surface area contributed by atoms with Gasteiger partial charge in [0.1, 0.15) is 17.4 Å². The number of rotatable bonds is 2. The molecule has 5 heteroatoms. The molecular formula is C13H12ClN3O.